The van der Waals surface area contributed by atoms with Crippen molar-refractivity contribution in [3.05, 3.63) is 39.5 Å². The maximum absolute atomic E-state index is 12.7. The molecule has 156 valence electrons. The Morgan fingerprint density at radius 2 is 1.43 bits per heavy atom. The van der Waals surface area contributed by atoms with Crippen LogP contribution < -0.4 is 0 Å². The molecule has 1 aromatic rings. The predicted octanol–water partition coefficient (Wildman–Crippen LogP) is 7.33. The molecule has 0 unspecified atom stereocenters. The molecule has 0 aliphatic carbocycles. The molecule has 2 nitrogen and oxygen atoms in total. The third kappa shape index (κ3) is 8.71. The number of esters is 1. The van der Waals surface area contributed by atoms with Gasteiger partial charge in [0.2, 0.25) is 0 Å². The summed E-state index contributed by atoms with van der Waals surface area (Å²) >= 11 is -0.910. The number of hydrogen-bond acceptors (Lipinski definition) is 2. The molecule has 0 N–H and O–H groups in total. The van der Waals surface area contributed by atoms with Gasteiger partial charge >= 0.3 is 184 Å². The van der Waals surface area contributed by atoms with Crippen LogP contribution in [-0.2, 0) is 9.53 Å². The fourth-order valence-corrected chi connectivity index (χ4v) is 8.41. The first-order valence-corrected chi connectivity index (χ1v) is 14.3. The minimum absolute atomic E-state index is 0.150. The molecule has 1 rings (SSSR count). The Morgan fingerprint density at radius 3 is 1.86 bits per heavy atom. The Morgan fingerprint density at radius 1 is 0.929 bits per heavy atom. The van der Waals surface area contributed by atoms with Gasteiger partial charge in [0.05, 0.1) is 0 Å². The van der Waals surface area contributed by atoms with E-state index < -0.39 is 21.1 Å². The minimum atomic E-state index is -0.910. The number of benzene rings is 1. The fourth-order valence-electron chi connectivity index (χ4n) is 3.56. The number of aryl methyl sites for hydroxylation is 1. The van der Waals surface area contributed by atoms with Crippen LogP contribution in [0.5, 0.6) is 0 Å². The molecule has 3 heteroatoms. The van der Waals surface area contributed by atoms with Crippen LogP contribution in [0.1, 0.15) is 96.6 Å². The van der Waals surface area contributed by atoms with E-state index in [4.69, 9.17) is 4.74 Å². The molecule has 0 aromatic heterocycles. The molecule has 0 amide bonds. The van der Waals surface area contributed by atoms with E-state index in [1.807, 2.05) is 6.92 Å². The molecule has 0 aliphatic rings. The Kier molecular flexibility index (Phi) is 12.9. The Hall–Kier alpha value is -0.771. The Labute approximate surface area is 183 Å². The van der Waals surface area contributed by atoms with Crippen molar-refractivity contribution >= 4 is 32.7 Å². The van der Waals surface area contributed by atoms with Crippen molar-refractivity contribution in [2.45, 2.75) is 95.8 Å². The summed E-state index contributed by atoms with van der Waals surface area (Å²) in [7, 11) is 0. The van der Waals surface area contributed by atoms with Crippen LogP contribution in [0.2, 0.25) is 3.43 Å². The van der Waals surface area contributed by atoms with Crippen LogP contribution in [0.3, 0.4) is 0 Å². The summed E-state index contributed by atoms with van der Waals surface area (Å²) in [6.45, 7) is 11.3. The SMILES string of the molecule is CCCC[C](CCCC)(CCCC)[Sn][CH]=C(C(=O)OCC)c1ccc(C)cc1. The second kappa shape index (κ2) is 14.2. The van der Waals surface area contributed by atoms with Gasteiger partial charge in [-0.2, -0.15) is 0 Å². The number of carbonyl (C=O) groups excluding carboxylic acids is 1. The standard InChI is InChI=1S/C13H27.C12H13O2.Sn/c1-4-7-10-13(11-8-5-2)12-9-6-3;1-4-14-12(13)10(3)11-7-5-9(2)6-8-11;/h4-12H2,1-3H3;3,5-8H,4H2,1-2H3;. The van der Waals surface area contributed by atoms with E-state index >= 15 is 0 Å². The van der Waals surface area contributed by atoms with E-state index in [1.165, 1.54) is 63.4 Å². The molecular weight excluding hydrogens is 451 g/mol. The van der Waals surface area contributed by atoms with E-state index in [0.29, 0.717) is 10.0 Å². The zero-order valence-corrected chi connectivity index (χ0v) is 21.6. The summed E-state index contributed by atoms with van der Waals surface area (Å²) in [4.78, 5) is 12.7. The van der Waals surface area contributed by atoms with Crippen LogP contribution in [-0.4, -0.2) is 33.7 Å². The monoisotopic (exact) mass is 492 g/mol. The van der Waals surface area contributed by atoms with Gasteiger partial charge < -0.3 is 0 Å². The fraction of sp³-hybridized carbons (Fsp3) is 0.640. The quantitative estimate of drug-likeness (QED) is 0.155. The molecule has 0 heterocycles. The van der Waals surface area contributed by atoms with E-state index in [0.717, 1.165) is 11.1 Å². The van der Waals surface area contributed by atoms with Gasteiger partial charge in [0.25, 0.3) is 0 Å². The zero-order valence-electron chi connectivity index (χ0n) is 18.8. The summed E-state index contributed by atoms with van der Waals surface area (Å²) in [5, 5.41) is 0. The average molecular weight is 491 g/mol. The number of rotatable bonds is 14. The van der Waals surface area contributed by atoms with Gasteiger partial charge in [0, 0.05) is 0 Å². The van der Waals surface area contributed by atoms with Crippen molar-refractivity contribution in [1.29, 1.82) is 0 Å². The molecule has 0 spiro atoms. The zero-order chi connectivity index (χ0) is 20.8. The topological polar surface area (TPSA) is 26.3 Å². The number of ether oxygens (including phenoxy) is 1. The van der Waals surface area contributed by atoms with E-state index in [9.17, 15) is 4.79 Å². The van der Waals surface area contributed by atoms with Crippen molar-refractivity contribution in [2.24, 2.45) is 0 Å². The van der Waals surface area contributed by atoms with Gasteiger partial charge in [-0.3, -0.25) is 0 Å². The van der Waals surface area contributed by atoms with Crippen LogP contribution in [0.4, 0.5) is 0 Å². The molecule has 0 atom stereocenters. The first kappa shape index (κ1) is 25.3. The van der Waals surface area contributed by atoms with Crippen LogP contribution in [0.25, 0.3) is 5.57 Å². The first-order chi connectivity index (χ1) is 13.5. The summed E-state index contributed by atoms with van der Waals surface area (Å²) in [6.07, 6.45) is 11.7. The van der Waals surface area contributed by atoms with Gasteiger partial charge in [-0.15, -0.1) is 0 Å². The third-order valence-electron chi connectivity index (χ3n) is 5.41. The number of unbranched alkanes of at least 4 members (excludes halogenated alkanes) is 3. The molecule has 2 radical (unpaired) electrons. The van der Waals surface area contributed by atoms with Crippen molar-refractivity contribution in [3.8, 4) is 0 Å². The van der Waals surface area contributed by atoms with Crippen LogP contribution in [0, 0.1) is 6.92 Å². The molecule has 28 heavy (non-hydrogen) atoms. The molecule has 0 bridgehead atoms. The van der Waals surface area contributed by atoms with E-state index in [1.54, 1.807) is 0 Å². The van der Waals surface area contributed by atoms with Crippen LogP contribution in [0.15, 0.2) is 28.4 Å². The molecule has 0 fully saturated rings. The van der Waals surface area contributed by atoms with Crippen LogP contribution >= 0.6 is 0 Å². The van der Waals surface area contributed by atoms with Gasteiger partial charge in [0.15, 0.2) is 0 Å². The second-order valence-corrected chi connectivity index (χ2v) is 12.6. The predicted molar refractivity (Wildman–Crippen MR) is 123 cm³/mol. The number of carbonyl (C=O) groups is 1. The van der Waals surface area contributed by atoms with Crippen molar-refractivity contribution < 1.29 is 9.53 Å². The van der Waals surface area contributed by atoms with E-state index in [2.05, 4.69) is 56.1 Å². The number of hydrogen-bond donors (Lipinski definition) is 0. The van der Waals surface area contributed by atoms with Crippen molar-refractivity contribution in [1.82, 2.24) is 0 Å². The Balaban J connectivity index is 3.20. The van der Waals surface area contributed by atoms with Gasteiger partial charge in [-0.05, 0) is 0 Å². The normalized spacial score (nSPS) is 12.2. The maximum atomic E-state index is 12.7. The van der Waals surface area contributed by atoms with Crippen molar-refractivity contribution in [2.75, 3.05) is 6.61 Å². The molecular formula is C25H40O2Sn. The van der Waals surface area contributed by atoms with Gasteiger partial charge in [0.1, 0.15) is 0 Å². The molecule has 0 saturated heterocycles. The summed E-state index contributed by atoms with van der Waals surface area (Å²) < 4.78 is 8.25. The summed E-state index contributed by atoms with van der Waals surface area (Å²) in [5.41, 5.74) is 3.04. The first-order valence-electron chi connectivity index (χ1n) is 11.2. The molecule has 1 aromatic carbocycles. The Bertz CT molecular complexity index is 567. The third-order valence-corrected chi connectivity index (χ3v) is 10.5. The van der Waals surface area contributed by atoms with Gasteiger partial charge in [-0.25, -0.2) is 0 Å². The second-order valence-electron chi connectivity index (χ2n) is 7.88. The molecule has 0 saturated carbocycles. The van der Waals surface area contributed by atoms with E-state index in [-0.39, 0.29) is 5.97 Å². The summed E-state index contributed by atoms with van der Waals surface area (Å²) in [6, 6.07) is 8.32. The van der Waals surface area contributed by atoms with Gasteiger partial charge in [-0.1, -0.05) is 0 Å². The van der Waals surface area contributed by atoms with Crippen molar-refractivity contribution in [3.63, 3.8) is 0 Å². The average Bonchev–Trinajstić information content (AvgIpc) is 2.70. The molecule has 0 aliphatic heterocycles. The summed E-state index contributed by atoms with van der Waals surface area (Å²) in [5.74, 6) is -0.150.